The Morgan fingerprint density at radius 1 is 1.48 bits per heavy atom. The summed E-state index contributed by atoms with van der Waals surface area (Å²) >= 11 is 5.85. The first-order valence-corrected chi connectivity index (χ1v) is 6.96. The Balaban J connectivity index is 2.97. The van der Waals surface area contributed by atoms with Crippen molar-refractivity contribution >= 4 is 23.2 Å². The zero-order valence-electron chi connectivity index (χ0n) is 12.3. The van der Waals surface area contributed by atoms with Gasteiger partial charge in [-0.1, -0.05) is 25.4 Å². The highest BCUT2D eigenvalue weighted by Crippen LogP contribution is 2.25. The number of halogens is 1. The zero-order chi connectivity index (χ0) is 16.0. The van der Waals surface area contributed by atoms with Crippen molar-refractivity contribution in [2.75, 3.05) is 26.8 Å². The first-order chi connectivity index (χ1) is 9.86. The Hall–Kier alpha value is -1.66. The summed E-state index contributed by atoms with van der Waals surface area (Å²) in [4.78, 5) is 24.3. The summed E-state index contributed by atoms with van der Waals surface area (Å²) in [5.41, 5.74) is 0.128. The third-order valence-corrected chi connectivity index (χ3v) is 3.13. The van der Waals surface area contributed by atoms with Crippen LogP contribution in [0.1, 0.15) is 24.2 Å². The van der Waals surface area contributed by atoms with Crippen LogP contribution in [-0.4, -0.2) is 42.5 Å². The summed E-state index contributed by atoms with van der Waals surface area (Å²) < 4.78 is 5.00. The van der Waals surface area contributed by atoms with Crippen LogP contribution in [0.3, 0.4) is 0 Å². The molecule has 0 spiro atoms. The number of carbonyl (C=O) groups is 1. The molecule has 7 heteroatoms. The lowest BCUT2D eigenvalue weighted by molar-refractivity contribution is -0.384. The molecule has 0 aliphatic rings. The van der Waals surface area contributed by atoms with Gasteiger partial charge in [0.15, 0.2) is 0 Å². The Labute approximate surface area is 128 Å². The van der Waals surface area contributed by atoms with E-state index in [2.05, 4.69) is 0 Å². The minimum atomic E-state index is -0.576. The van der Waals surface area contributed by atoms with Gasteiger partial charge in [-0.3, -0.25) is 14.9 Å². The molecule has 1 aromatic rings. The fourth-order valence-corrected chi connectivity index (χ4v) is 2.14. The van der Waals surface area contributed by atoms with E-state index in [1.165, 1.54) is 18.2 Å². The monoisotopic (exact) mass is 314 g/mol. The lowest BCUT2D eigenvalue weighted by Crippen LogP contribution is -2.36. The Kier molecular flexibility index (Phi) is 6.58. The highest BCUT2D eigenvalue weighted by Gasteiger charge is 2.20. The van der Waals surface area contributed by atoms with E-state index in [1.807, 2.05) is 13.8 Å². The smallest absolute Gasteiger partial charge is 0.287 e. The molecule has 6 nitrogen and oxygen atoms in total. The van der Waals surface area contributed by atoms with Crippen molar-refractivity contribution in [1.29, 1.82) is 0 Å². The molecule has 21 heavy (non-hydrogen) atoms. The summed E-state index contributed by atoms with van der Waals surface area (Å²) in [7, 11) is 1.57. The van der Waals surface area contributed by atoms with Crippen LogP contribution >= 0.6 is 11.6 Å². The van der Waals surface area contributed by atoms with E-state index in [1.54, 1.807) is 12.0 Å². The highest BCUT2D eigenvalue weighted by molar-refractivity contribution is 6.33. The number of carbonyl (C=O) groups excluding carboxylic acids is 1. The van der Waals surface area contributed by atoms with Crippen LogP contribution in [0.5, 0.6) is 0 Å². The number of nitro benzene ring substituents is 1. The van der Waals surface area contributed by atoms with Gasteiger partial charge in [-0.05, 0) is 18.1 Å². The van der Waals surface area contributed by atoms with Gasteiger partial charge in [0.1, 0.15) is 5.02 Å². The van der Waals surface area contributed by atoms with E-state index in [9.17, 15) is 14.9 Å². The maximum Gasteiger partial charge on any atom is 0.287 e. The molecule has 0 saturated heterocycles. The van der Waals surface area contributed by atoms with Crippen molar-refractivity contribution in [3.63, 3.8) is 0 Å². The Morgan fingerprint density at radius 2 is 2.14 bits per heavy atom. The molecule has 0 aliphatic carbocycles. The van der Waals surface area contributed by atoms with Gasteiger partial charge < -0.3 is 9.64 Å². The number of nitro groups is 1. The molecule has 0 N–H and O–H groups in total. The number of hydrogen-bond donors (Lipinski definition) is 0. The number of benzene rings is 1. The van der Waals surface area contributed by atoms with E-state index >= 15 is 0 Å². The predicted octanol–water partition coefficient (Wildman–Crippen LogP) is 2.99. The van der Waals surface area contributed by atoms with Crippen LogP contribution in [0.25, 0.3) is 0 Å². The molecule has 0 bridgehead atoms. The maximum absolute atomic E-state index is 12.5. The first-order valence-electron chi connectivity index (χ1n) is 6.59. The minimum absolute atomic E-state index is 0.0397. The van der Waals surface area contributed by atoms with Gasteiger partial charge in [0, 0.05) is 31.8 Å². The average molecular weight is 315 g/mol. The molecular formula is C14H19ClN2O4. The van der Waals surface area contributed by atoms with Crippen LogP contribution in [-0.2, 0) is 4.74 Å². The van der Waals surface area contributed by atoms with E-state index in [4.69, 9.17) is 16.3 Å². The summed E-state index contributed by atoms with van der Waals surface area (Å²) in [5.74, 6) is 0.0943. The van der Waals surface area contributed by atoms with E-state index in [0.717, 1.165) is 0 Å². The molecular weight excluding hydrogens is 296 g/mol. The summed E-state index contributed by atoms with van der Waals surface area (Å²) in [5, 5.41) is 10.7. The number of rotatable bonds is 7. The Bertz CT molecular complexity index is 520. The highest BCUT2D eigenvalue weighted by atomic mass is 35.5. The van der Waals surface area contributed by atoms with E-state index < -0.39 is 4.92 Å². The zero-order valence-corrected chi connectivity index (χ0v) is 13.1. The topological polar surface area (TPSA) is 72.7 Å². The quantitative estimate of drug-likeness (QED) is 0.573. The van der Waals surface area contributed by atoms with Gasteiger partial charge in [-0.25, -0.2) is 0 Å². The van der Waals surface area contributed by atoms with Crippen LogP contribution in [0, 0.1) is 16.0 Å². The average Bonchev–Trinajstić information content (AvgIpc) is 2.41. The largest absolute Gasteiger partial charge is 0.383 e. The van der Waals surface area contributed by atoms with Gasteiger partial charge >= 0.3 is 0 Å². The molecule has 0 fully saturated rings. The molecule has 0 radical (unpaired) electrons. The molecule has 116 valence electrons. The normalized spacial score (nSPS) is 10.7. The summed E-state index contributed by atoms with van der Waals surface area (Å²) in [6.45, 7) is 5.49. The van der Waals surface area contributed by atoms with Crippen molar-refractivity contribution < 1.29 is 14.5 Å². The second-order valence-corrected chi connectivity index (χ2v) is 5.47. The molecule has 0 unspecified atom stereocenters. The molecule has 0 heterocycles. The number of ether oxygens (including phenoxy) is 1. The standard InChI is InChI=1S/C14H19ClN2O4/c1-10(2)9-16(6-7-21-3)14(18)11-4-5-13(17(19)20)12(15)8-11/h4-5,8,10H,6-7,9H2,1-3H3. The third kappa shape index (κ3) is 4.99. The van der Waals surface area contributed by atoms with E-state index in [0.29, 0.717) is 31.2 Å². The van der Waals surface area contributed by atoms with Crippen molar-refractivity contribution in [3.8, 4) is 0 Å². The molecule has 1 aromatic carbocycles. The molecule has 0 aromatic heterocycles. The van der Waals surface area contributed by atoms with Crippen LogP contribution in [0.4, 0.5) is 5.69 Å². The number of hydrogen-bond acceptors (Lipinski definition) is 4. The third-order valence-electron chi connectivity index (χ3n) is 2.83. The number of methoxy groups -OCH3 is 1. The van der Waals surface area contributed by atoms with Gasteiger partial charge in [-0.15, -0.1) is 0 Å². The van der Waals surface area contributed by atoms with Gasteiger partial charge in [0.25, 0.3) is 11.6 Å². The fraction of sp³-hybridized carbons (Fsp3) is 0.500. The van der Waals surface area contributed by atoms with Gasteiger partial charge in [0.2, 0.25) is 0 Å². The second kappa shape index (κ2) is 7.95. The molecule has 0 saturated carbocycles. The van der Waals surface area contributed by atoms with Crippen LogP contribution < -0.4 is 0 Å². The fourth-order valence-electron chi connectivity index (χ4n) is 1.89. The van der Waals surface area contributed by atoms with Gasteiger partial charge in [-0.2, -0.15) is 0 Å². The first kappa shape index (κ1) is 17.4. The molecule has 1 rings (SSSR count). The second-order valence-electron chi connectivity index (χ2n) is 5.06. The van der Waals surface area contributed by atoms with Crippen LogP contribution in [0.2, 0.25) is 5.02 Å². The summed E-state index contributed by atoms with van der Waals surface area (Å²) in [6, 6.07) is 4.01. The maximum atomic E-state index is 12.5. The summed E-state index contributed by atoms with van der Waals surface area (Å²) in [6.07, 6.45) is 0. The van der Waals surface area contributed by atoms with Gasteiger partial charge in [0.05, 0.1) is 11.5 Å². The van der Waals surface area contributed by atoms with Crippen LogP contribution in [0.15, 0.2) is 18.2 Å². The molecule has 0 atom stereocenters. The Morgan fingerprint density at radius 3 is 2.62 bits per heavy atom. The lowest BCUT2D eigenvalue weighted by Gasteiger charge is -2.24. The molecule has 1 amide bonds. The van der Waals surface area contributed by atoms with Crippen molar-refractivity contribution in [2.45, 2.75) is 13.8 Å². The predicted molar refractivity (Wildman–Crippen MR) is 80.7 cm³/mol. The lowest BCUT2D eigenvalue weighted by atomic mass is 10.1. The number of amides is 1. The minimum Gasteiger partial charge on any atom is -0.383 e. The molecule has 0 aliphatic heterocycles. The van der Waals surface area contributed by atoms with Crippen molar-refractivity contribution in [2.24, 2.45) is 5.92 Å². The van der Waals surface area contributed by atoms with Crippen molar-refractivity contribution in [1.82, 2.24) is 4.90 Å². The SMILES string of the molecule is COCCN(CC(C)C)C(=O)c1ccc([N+](=O)[O-])c(Cl)c1. The van der Waals surface area contributed by atoms with E-state index in [-0.39, 0.29) is 16.6 Å². The number of nitrogens with zero attached hydrogens (tertiary/aromatic N) is 2. The van der Waals surface area contributed by atoms with Crippen molar-refractivity contribution in [3.05, 3.63) is 38.9 Å².